The number of hydrogen-bond acceptors (Lipinski definition) is 8. The number of carbonyl (C=O) groups excluding carboxylic acids is 3. The molecular formula is C36H67N3O7S. The van der Waals surface area contributed by atoms with Crippen LogP contribution in [0.4, 0.5) is 4.79 Å². The number of amides is 3. The second kappa shape index (κ2) is 25.4. The van der Waals surface area contributed by atoms with Gasteiger partial charge in [-0.15, -0.1) is 11.8 Å². The zero-order valence-electron chi connectivity index (χ0n) is 29.5. The Morgan fingerprint density at radius 3 is 1.77 bits per heavy atom. The third kappa shape index (κ3) is 16.1. The molecule has 0 radical (unpaired) electrons. The first-order chi connectivity index (χ1) is 22.8. The number of fused-ring (bicyclic) bond motifs is 1. The number of nitrogens with zero attached hydrogens (tertiary/aromatic N) is 1. The molecule has 2 saturated heterocycles. The zero-order chi connectivity index (χ0) is 34.3. The summed E-state index contributed by atoms with van der Waals surface area (Å²) in [4.78, 5) is 39.9. The normalized spacial score (nSPS) is 23.0. The number of cyclic esters (lactones) is 1. The lowest BCUT2D eigenvalue weighted by atomic mass is 9.95. The Bertz CT molecular complexity index is 866. The van der Waals surface area contributed by atoms with Crippen LogP contribution in [-0.4, -0.2) is 92.8 Å². The number of carbonyl (C=O) groups is 3. The molecule has 2 aliphatic heterocycles. The van der Waals surface area contributed by atoms with Gasteiger partial charge in [-0.05, 0) is 12.8 Å². The van der Waals surface area contributed by atoms with Gasteiger partial charge in [0.05, 0.1) is 6.04 Å². The van der Waals surface area contributed by atoms with Gasteiger partial charge in [0, 0.05) is 18.7 Å². The van der Waals surface area contributed by atoms with Crippen LogP contribution in [0.15, 0.2) is 0 Å². The van der Waals surface area contributed by atoms with Crippen molar-refractivity contribution in [1.82, 2.24) is 15.5 Å². The Kier molecular flexibility index (Phi) is 22.5. The maximum Gasteiger partial charge on any atom is 0.411 e. The van der Waals surface area contributed by atoms with E-state index in [2.05, 4.69) is 24.5 Å². The summed E-state index contributed by atoms with van der Waals surface area (Å²) in [7, 11) is 0. The fourth-order valence-corrected chi connectivity index (χ4v) is 7.87. The third-order valence-electron chi connectivity index (χ3n) is 9.53. The molecule has 0 spiro atoms. The Balaban J connectivity index is 1.79. The van der Waals surface area contributed by atoms with Crippen molar-refractivity contribution >= 4 is 29.7 Å². The van der Waals surface area contributed by atoms with E-state index in [1.807, 2.05) is 0 Å². The summed E-state index contributed by atoms with van der Waals surface area (Å²) in [6.07, 6.45) is 20.5. The van der Waals surface area contributed by atoms with Crippen LogP contribution < -0.4 is 10.6 Å². The minimum absolute atomic E-state index is 0.0840. The van der Waals surface area contributed by atoms with Crippen molar-refractivity contribution < 1.29 is 34.4 Å². The molecule has 0 saturated carbocycles. The van der Waals surface area contributed by atoms with Crippen LogP contribution in [0.25, 0.3) is 0 Å². The van der Waals surface area contributed by atoms with E-state index in [0.717, 1.165) is 50.3 Å². The maximum absolute atomic E-state index is 13.3. The van der Waals surface area contributed by atoms with Crippen LogP contribution in [0, 0.1) is 0 Å². The number of thioether (sulfide) groups is 1. The molecule has 3 unspecified atom stereocenters. The molecule has 10 nitrogen and oxygen atoms in total. The van der Waals surface area contributed by atoms with Crippen molar-refractivity contribution in [3.8, 4) is 0 Å². The van der Waals surface area contributed by atoms with Crippen molar-refractivity contribution in [2.75, 3.05) is 18.9 Å². The van der Waals surface area contributed by atoms with Crippen LogP contribution in [0.2, 0.25) is 0 Å². The van der Waals surface area contributed by atoms with Crippen LogP contribution in [-0.2, 0) is 14.3 Å². The van der Waals surface area contributed by atoms with Crippen LogP contribution in [0.1, 0.15) is 155 Å². The highest BCUT2D eigenvalue weighted by molar-refractivity contribution is 8.00. The van der Waals surface area contributed by atoms with Gasteiger partial charge in [-0.25, -0.2) is 4.79 Å². The van der Waals surface area contributed by atoms with Gasteiger partial charge < -0.3 is 30.7 Å². The molecule has 274 valence electrons. The lowest BCUT2D eigenvalue weighted by molar-refractivity contribution is -0.128. The molecule has 0 aromatic carbocycles. The van der Waals surface area contributed by atoms with Gasteiger partial charge in [0.2, 0.25) is 11.8 Å². The summed E-state index contributed by atoms with van der Waals surface area (Å²) >= 11 is 1.10. The number of hydrogen-bond donors (Lipinski definition) is 5. The molecule has 3 amide bonds. The Morgan fingerprint density at radius 1 is 0.745 bits per heavy atom. The minimum Gasteiger partial charge on any atom is -0.447 e. The molecule has 0 aliphatic carbocycles. The van der Waals surface area contributed by atoms with E-state index in [0.29, 0.717) is 13.0 Å². The average molecular weight is 686 g/mol. The summed E-state index contributed by atoms with van der Waals surface area (Å²) in [5.41, 5.74) is 0. The second-order valence-electron chi connectivity index (χ2n) is 13.6. The van der Waals surface area contributed by atoms with Crippen molar-refractivity contribution in [3.05, 3.63) is 0 Å². The van der Waals surface area contributed by atoms with Gasteiger partial charge in [0.15, 0.2) is 0 Å². The van der Waals surface area contributed by atoms with Gasteiger partial charge in [-0.1, -0.05) is 136 Å². The minimum atomic E-state index is -1.46. The summed E-state index contributed by atoms with van der Waals surface area (Å²) < 4.78 is 5.09. The molecular weight excluding hydrogens is 618 g/mol. The van der Waals surface area contributed by atoms with Gasteiger partial charge in [0.25, 0.3) is 0 Å². The number of aliphatic hydroxyl groups excluding tert-OH is 3. The van der Waals surface area contributed by atoms with E-state index in [4.69, 9.17) is 4.74 Å². The molecule has 11 heteroatoms. The highest BCUT2D eigenvalue weighted by Gasteiger charge is 2.54. The van der Waals surface area contributed by atoms with E-state index < -0.39 is 41.9 Å². The molecule has 2 fully saturated rings. The molecule has 2 aliphatic rings. The SMILES string of the molecule is CCCCCCCCCCCCCC(=O)N[C@@H](CS[C@@H]1C(O)C(O)[C@H](O)C2COC(=O)N21)C(=O)NCCCCCCCCCCCC. The van der Waals surface area contributed by atoms with Gasteiger partial charge in [-0.3, -0.25) is 14.5 Å². The smallest absolute Gasteiger partial charge is 0.411 e. The van der Waals surface area contributed by atoms with Gasteiger partial charge in [-0.2, -0.15) is 0 Å². The summed E-state index contributed by atoms with van der Waals surface area (Å²) in [5, 5.41) is 36.4. The molecule has 0 aromatic rings. The molecule has 0 bridgehead atoms. The first kappa shape index (κ1) is 41.6. The molecule has 0 aromatic heterocycles. The number of aliphatic hydroxyl groups is 3. The number of rotatable bonds is 28. The number of unbranched alkanes of at least 4 members (excludes halogenated alkanes) is 19. The zero-order valence-corrected chi connectivity index (χ0v) is 30.3. The molecule has 2 rings (SSSR count). The first-order valence-corrected chi connectivity index (χ1v) is 20.0. The van der Waals surface area contributed by atoms with Gasteiger partial charge in [0.1, 0.15) is 36.3 Å². The lowest BCUT2D eigenvalue weighted by Gasteiger charge is -2.44. The molecule has 47 heavy (non-hydrogen) atoms. The number of ether oxygens (including phenoxy) is 1. The predicted molar refractivity (Wildman–Crippen MR) is 189 cm³/mol. The first-order valence-electron chi connectivity index (χ1n) is 19.0. The number of nitrogens with one attached hydrogen (secondary N) is 2. The Hall–Kier alpha value is -1.56. The lowest BCUT2D eigenvalue weighted by Crippen LogP contribution is -2.64. The van der Waals surface area contributed by atoms with E-state index in [1.54, 1.807) is 0 Å². The molecule has 5 N–H and O–H groups in total. The third-order valence-corrected chi connectivity index (χ3v) is 10.9. The standard InChI is InChI=1S/C36H67N3O7S/c1-3-5-7-9-11-13-15-16-18-20-22-24-30(40)38-28(34(44)37-25-23-21-19-17-14-12-10-8-6-4-2)27-47-35-33(43)32(42)31(41)29-26-46-36(45)39(29)35/h28-29,31-33,35,41-43H,3-27H2,1-2H3,(H,37,44)(H,38,40)/t28-,29?,31+,32?,33?,35+/m0/s1. The van der Waals surface area contributed by atoms with Crippen LogP contribution in [0.5, 0.6) is 0 Å². The number of piperidine rings is 1. The van der Waals surface area contributed by atoms with E-state index in [9.17, 15) is 29.7 Å². The van der Waals surface area contributed by atoms with Crippen molar-refractivity contribution in [3.63, 3.8) is 0 Å². The van der Waals surface area contributed by atoms with E-state index >= 15 is 0 Å². The fraction of sp³-hybridized carbons (Fsp3) is 0.917. The van der Waals surface area contributed by atoms with Crippen LogP contribution in [0.3, 0.4) is 0 Å². The summed E-state index contributed by atoms with van der Waals surface area (Å²) in [6.45, 7) is 4.89. The largest absolute Gasteiger partial charge is 0.447 e. The highest BCUT2D eigenvalue weighted by atomic mass is 32.2. The van der Waals surface area contributed by atoms with E-state index in [1.165, 1.54) is 101 Å². The summed E-state index contributed by atoms with van der Waals surface area (Å²) in [6, 6.07) is -1.64. The Morgan fingerprint density at radius 2 is 1.23 bits per heavy atom. The topological polar surface area (TPSA) is 148 Å². The van der Waals surface area contributed by atoms with Gasteiger partial charge >= 0.3 is 6.09 Å². The second-order valence-corrected chi connectivity index (χ2v) is 14.8. The Labute approximate surface area is 288 Å². The fourth-order valence-electron chi connectivity index (χ4n) is 6.49. The monoisotopic (exact) mass is 685 g/mol. The van der Waals surface area contributed by atoms with Crippen molar-refractivity contribution in [2.45, 2.75) is 191 Å². The quantitative estimate of drug-likeness (QED) is 0.0613. The maximum atomic E-state index is 13.3. The summed E-state index contributed by atoms with van der Waals surface area (Å²) in [5.74, 6) is -0.402. The molecule has 6 atom stereocenters. The van der Waals surface area contributed by atoms with Crippen LogP contribution >= 0.6 is 11.8 Å². The van der Waals surface area contributed by atoms with E-state index in [-0.39, 0.29) is 24.2 Å². The average Bonchev–Trinajstić information content (AvgIpc) is 3.45. The predicted octanol–water partition coefficient (Wildman–Crippen LogP) is 6.19. The van der Waals surface area contributed by atoms with Crippen molar-refractivity contribution in [1.29, 1.82) is 0 Å². The molecule has 2 heterocycles. The highest BCUT2D eigenvalue weighted by Crippen LogP contribution is 2.35. The van der Waals surface area contributed by atoms with Crippen molar-refractivity contribution in [2.24, 2.45) is 0 Å².